The van der Waals surface area contributed by atoms with Crippen molar-refractivity contribution in [3.8, 4) is 0 Å². The third-order valence-electron chi connectivity index (χ3n) is 4.69. The Morgan fingerprint density at radius 1 is 0.929 bits per heavy atom. The Labute approximate surface area is 168 Å². The molecule has 1 aromatic heterocycles. The van der Waals surface area contributed by atoms with Crippen LogP contribution in [0.2, 0.25) is 5.02 Å². The van der Waals surface area contributed by atoms with Gasteiger partial charge < -0.3 is 15.1 Å². The van der Waals surface area contributed by atoms with E-state index >= 15 is 0 Å². The molecule has 0 radical (unpaired) electrons. The summed E-state index contributed by atoms with van der Waals surface area (Å²) < 4.78 is 13.1. The molecule has 1 N–H and O–H groups in total. The van der Waals surface area contributed by atoms with E-state index < -0.39 is 0 Å². The molecule has 2 heterocycles. The highest BCUT2D eigenvalue weighted by Gasteiger charge is 2.20. The predicted molar refractivity (Wildman–Crippen MR) is 109 cm³/mol. The van der Waals surface area contributed by atoms with Crippen molar-refractivity contribution in [1.29, 1.82) is 0 Å². The lowest BCUT2D eigenvalue weighted by molar-refractivity contribution is 0.622. The maximum atomic E-state index is 13.1. The van der Waals surface area contributed by atoms with Gasteiger partial charge in [0.25, 0.3) is 0 Å². The SMILES string of the molecule is Fc1ccc(N2CCN(c3nncc(NCc4ccc(Cl)cc4)n3)CC2)cc1. The molecule has 144 valence electrons. The van der Waals surface area contributed by atoms with E-state index in [9.17, 15) is 4.39 Å². The average Bonchev–Trinajstić information content (AvgIpc) is 2.74. The van der Waals surface area contributed by atoms with Crippen molar-refractivity contribution in [2.45, 2.75) is 6.54 Å². The maximum absolute atomic E-state index is 13.1. The van der Waals surface area contributed by atoms with Crippen LogP contribution in [0.4, 0.5) is 21.8 Å². The van der Waals surface area contributed by atoms with Gasteiger partial charge in [0.2, 0.25) is 5.95 Å². The Hall–Kier alpha value is -2.93. The van der Waals surface area contributed by atoms with Crippen molar-refractivity contribution < 1.29 is 4.39 Å². The minimum Gasteiger partial charge on any atom is -0.368 e. The van der Waals surface area contributed by atoms with Gasteiger partial charge in [-0.1, -0.05) is 23.7 Å². The zero-order valence-electron chi connectivity index (χ0n) is 15.2. The second-order valence-corrected chi connectivity index (χ2v) is 7.01. The molecule has 2 aromatic carbocycles. The van der Waals surface area contributed by atoms with Crippen LogP contribution in [-0.2, 0) is 6.54 Å². The van der Waals surface area contributed by atoms with E-state index in [1.165, 1.54) is 12.1 Å². The van der Waals surface area contributed by atoms with Gasteiger partial charge in [0.15, 0.2) is 5.82 Å². The van der Waals surface area contributed by atoms with E-state index in [2.05, 4.69) is 30.3 Å². The lowest BCUT2D eigenvalue weighted by atomic mass is 10.2. The molecule has 0 bridgehead atoms. The monoisotopic (exact) mass is 398 g/mol. The summed E-state index contributed by atoms with van der Waals surface area (Å²) >= 11 is 5.92. The summed E-state index contributed by atoms with van der Waals surface area (Å²) in [5.41, 5.74) is 2.14. The Bertz CT molecular complexity index is 911. The molecule has 1 aliphatic heterocycles. The quantitative estimate of drug-likeness (QED) is 0.708. The summed E-state index contributed by atoms with van der Waals surface area (Å²) in [6.45, 7) is 3.82. The first-order valence-corrected chi connectivity index (χ1v) is 9.49. The van der Waals surface area contributed by atoms with Gasteiger partial charge in [-0.15, -0.1) is 5.10 Å². The molecule has 28 heavy (non-hydrogen) atoms. The number of benzene rings is 2. The van der Waals surface area contributed by atoms with E-state index in [1.807, 2.05) is 36.4 Å². The van der Waals surface area contributed by atoms with E-state index in [4.69, 9.17) is 11.6 Å². The molecule has 1 aliphatic rings. The molecule has 6 nitrogen and oxygen atoms in total. The number of nitrogens with one attached hydrogen (secondary N) is 1. The van der Waals surface area contributed by atoms with Crippen LogP contribution in [0.5, 0.6) is 0 Å². The van der Waals surface area contributed by atoms with E-state index in [0.29, 0.717) is 18.3 Å². The average molecular weight is 399 g/mol. The maximum Gasteiger partial charge on any atom is 0.247 e. The highest BCUT2D eigenvalue weighted by Crippen LogP contribution is 2.19. The second-order valence-electron chi connectivity index (χ2n) is 6.57. The molecule has 0 amide bonds. The lowest BCUT2D eigenvalue weighted by Gasteiger charge is -2.35. The van der Waals surface area contributed by atoms with E-state index in [-0.39, 0.29) is 5.82 Å². The normalized spacial score (nSPS) is 14.2. The van der Waals surface area contributed by atoms with Crippen molar-refractivity contribution >= 4 is 29.1 Å². The Kier molecular flexibility index (Phi) is 5.53. The number of hydrogen-bond acceptors (Lipinski definition) is 6. The fourth-order valence-electron chi connectivity index (χ4n) is 3.12. The van der Waals surface area contributed by atoms with Gasteiger partial charge in [-0.2, -0.15) is 10.1 Å². The standard InChI is InChI=1S/C20H20ClFN6/c21-16-3-1-15(2-4-16)13-23-19-14-24-26-20(25-19)28-11-9-27(10-12-28)18-7-5-17(22)6-8-18/h1-8,14H,9-13H2,(H,23,25,26). The number of hydrogen-bond donors (Lipinski definition) is 1. The lowest BCUT2D eigenvalue weighted by Crippen LogP contribution is -2.47. The van der Waals surface area contributed by atoms with Crippen LogP contribution in [0.15, 0.2) is 54.7 Å². The molecule has 0 spiro atoms. The summed E-state index contributed by atoms with van der Waals surface area (Å²) in [7, 11) is 0. The second kappa shape index (κ2) is 8.39. The van der Waals surface area contributed by atoms with Crippen LogP contribution in [-0.4, -0.2) is 41.4 Å². The van der Waals surface area contributed by atoms with Crippen LogP contribution >= 0.6 is 11.6 Å². The topological polar surface area (TPSA) is 57.2 Å². The van der Waals surface area contributed by atoms with Gasteiger partial charge in [0.05, 0.1) is 6.20 Å². The van der Waals surface area contributed by atoms with Gasteiger partial charge in [-0.05, 0) is 42.0 Å². The molecular formula is C20H20ClFN6. The third-order valence-corrected chi connectivity index (χ3v) is 4.94. The third kappa shape index (κ3) is 4.48. The van der Waals surface area contributed by atoms with Gasteiger partial charge in [0, 0.05) is 43.4 Å². The van der Waals surface area contributed by atoms with E-state index in [1.54, 1.807) is 6.20 Å². The summed E-state index contributed by atoms with van der Waals surface area (Å²) in [6, 6.07) is 14.3. The first-order chi connectivity index (χ1) is 13.7. The van der Waals surface area contributed by atoms with Crippen molar-refractivity contribution in [1.82, 2.24) is 15.2 Å². The molecule has 1 saturated heterocycles. The van der Waals surface area contributed by atoms with Gasteiger partial charge in [-0.25, -0.2) is 4.39 Å². The molecule has 8 heteroatoms. The van der Waals surface area contributed by atoms with Gasteiger partial charge >= 0.3 is 0 Å². The zero-order chi connectivity index (χ0) is 19.3. The van der Waals surface area contributed by atoms with Crippen molar-refractivity contribution in [2.75, 3.05) is 41.3 Å². The van der Waals surface area contributed by atoms with Crippen LogP contribution in [0.25, 0.3) is 0 Å². The first-order valence-electron chi connectivity index (χ1n) is 9.11. The summed E-state index contributed by atoms with van der Waals surface area (Å²) in [5, 5.41) is 12.2. The zero-order valence-corrected chi connectivity index (χ0v) is 16.0. The summed E-state index contributed by atoms with van der Waals surface area (Å²) in [5.74, 6) is 1.07. The highest BCUT2D eigenvalue weighted by atomic mass is 35.5. The number of piperazine rings is 1. The van der Waals surface area contributed by atoms with Crippen molar-refractivity contribution in [3.05, 3.63) is 71.1 Å². The van der Waals surface area contributed by atoms with Gasteiger partial charge in [0.1, 0.15) is 5.82 Å². The van der Waals surface area contributed by atoms with Crippen LogP contribution in [0, 0.1) is 5.82 Å². The highest BCUT2D eigenvalue weighted by molar-refractivity contribution is 6.30. The van der Waals surface area contributed by atoms with Crippen molar-refractivity contribution in [2.24, 2.45) is 0 Å². The fraction of sp³-hybridized carbons (Fsp3) is 0.250. The number of rotatable bonds is 5. The Morgan fingerprint density at radius 2 is 1.61 bits per heavy atom. The largest absolute Gasteiger partial charge is 0.368 e. The molecule has 4 rings (SSSR count). The van der Waals surface area contributed by atoms with Gasteiger partial charge in [-0.3, -0.25) is 0 Å². The molecule has 0 atom stereocenters. The molecule has 0 aliphatic carbocycles. The molecule has 0 unspecified atom stereocenters. The smallest absolute Gasteiger partial charge is 0.247 e. The Balaban J connectivity index is 1.35. The molecule has 1 fully saturated rings. The minimum absolute atomic E-state index is 0.218. The predicted octanol–water partition coefficient (Wildman–Crippen LogP) is 3.60. The number of nitrogens with zero attached hydrogens (tertiary/aromatic N) is 5. The summed E-state index contributed by atoms with van der Waals surface area (Å²) in [4.78, 5) is 8.93. The van der Waals surface area contributed by atoms with Crippen LogP contribution in [0.1, 0.15) is 5.56 Å². The van der Waals surface area contributed by atoms with Crippen LogP contribution < -0.4 is 15.1 Å². The number of anilines is 3. The Morgan fingerprint density at radius 3 is 2.32 bits per heavy atom. The minimum atomic E-state index is -0.218. The number of halogens is 2. The van der Waals surface area contributed by atoms with E-state index in [0.717, 1.165) is 42.5 Å². The fourth-order valence-corrected chi connectivity index (χ4v) is 3.25. The van der Waals surface area contributed by atoms with Crippen LogP contribution in [0.3, 0.4) is 0 Å². The molecule has 0 saturated carbocycles. The molecular weight excluding hydrogens is 379 g/mol. The first kappa shape index (κ1) is 18.4. The summed E-state index contributed by atoms with van der Waals surface area (Å²) in [6.07, 6.45) is 1.62. The number of aromatic nitrogens is 3. The molecule has 3 aromatic rings. The van der Waals surface area contributed by atoms with Crippen molar-refractivity contribution in [3.63, 3.8) is 0 Å².